The highest BCUT2D eigenvalue weighted by Gasteiger charge is 2.34. The average molecular weight is 283 g/mol. The summed E-state index contributed by atoms with van der Waals surface area (Å²) in [7, 11) is 1.41. The van der Waals surface area contributed by atoms with E-state index in [9.17, 15) is 9.59 Å². The van der Waals surface area contributed by atoms with Gasteiger partial charge in [0, 0.05) is 19.3 Å². The summed E-state index contributed by atoms with van der Waals surface area (Å²) in [6, 6.07) is 0. The largest absolute Gasteiger partial charge is 0.469 e. The first-order valence-corrected chi connectivity index (χ1v) is 7.39. The number of ether oxygens (including phenoxy) is 1. The highest BCUT2D eigenvalue weighted by Crippen LogP contribution is 2.36. The van der Waals surface area contributed by atoms with Crippen LogP contribution in [0.5, 0.6) is 0 Å². The van der Waals surface area contributed by atoms with Gasteiger partial charge in [0.05, 0.1) is 12.8 Å². The molecule has 0 aliphatic heterocycles. The topological polar surface area (TPSA) is 65.0 Å². The molecular formula is C15H25NO4. The molecule has 1 rings (SSSR count). The van der Waals surface area contributed by atoms with Crippen molar-refractivity contribution in [1.82, 2.24) is 0 Å². The molecule has 114 valence electrons. The summed E-state index contributed by atoms with van der Waals surface area (Å²) in [5.41, 5.74) is 0.921. The second kappa shape index (κ2) is 8.72. The molecule has 5 nitrogen and oxygen atoms in total. The molecule has 0 bridgehead atoms. The Morgan fingerprint density at radius 3 is 2.70 bits per heavy atom. The Bertz CT molecular complexity index is 365. The lowest BCUT2D eigenvalue weighted by molar-refractivity contribution is -0.142. The summed E-state index contributed by atoms with van der Waals surface area (Å²) < 4.78 is 4.76. The summed E-state index contributed by atoms with van der Waals surface area (Å²) in [4.78, 5) is 27.1. The minimum absolute atomic E-state index is 0.177. The molecule has 20 heavy (non-hydrogen) atoms. The maximum Gasteiger partial charge on any atom is 0.331 e. The third kappa shape index (κ3) is 5.31. The van der Waals surface area contributed by atoms with Crippen LogP contribution >= 0.6 is 0 Å². The van der Waals surface area contributed by atoms with Crippen LogP contribution in [-0.2, 0) is 19.2 Å². The van der Waals surface area contributed by atoms with Gasteiger partial charge < -0.3 is 9.57 Å². The molecule has 1 aliphatic rings. The van der Waals surface area contributed by atoms with Gasteiger partial charge in [-0.2, -0.15) is 0 Å². The van der Waals surface area contributed by atoms with Crippen LogP contribution in [0.1, 0.15) is 58.8 Å². The van der Waals surface area contributed by atoms with Gasteiger partial charge in [-0.3, -0.25) is 4.79 Å². The molecule has 0 unspecified atom stereocenters. The molecule has 0 aromatic heterocycles. The molecule has 1 saturated carbocycles. The molecule has 0 radical (unpaired) electrons. The Labute approximate surface area is 120 Å². The SMILES string of the molecule is CCCCC[C@H]1/C(=N/OC(C)=O)CC[C@@H]1CC(=O)OC. The lowest BCUT2D eigenvalue weighted by atomic mass is 9.87. The summed E-state index contributed by atoms with van der Waals surface area (Å²) in [6.45, 7) is 3.51. The highest BCUT2D eigenvalue weighted by atomic mass is 16.7. The second-order valence-corrected chi connectivity index (χ2v) is 5.35. The number of esters is 1. The van der Waals surface area contributed by atoms with E-state index in [0.717, 1.165) is 37.8 Å². The molecule has 5 heteroatoms. The molecule has 0 heterocycles. The first-order chi connectivity index (χ1) is 9.58. The predicted molar refractivity (Wildman–Crippen MR) is 76.2 cm³/mol. The molecular weight excluding hydrogens is 258 g/mol. The van der Waals surface area contributed by atoms with E-state index in [2.05, 4.69) is 12.1 Å². The smallest absolute Gasteiger partial charge is 0.331 e. The molecule has 0 spiro atoms. The van der Waals surface area contributed by atoms with Gasteiger partial charge in [-0.15, -0.1) is 0 Å². The number of methoxy groups -OCH3 is 1. The predicted octanol–water partition coefficient (Wildman–Crippen LogP) is 3.08. The average Bonchev–Trinajstić information content (AvgIpc) is 2.79. The van der Waals surface area contributed by atoms with E-state index in [-0.39, 0.29) is 17.8 Å². The van der Waals surface area contributed by atoms with Crippen LogP contribution in [0.15, 0.2) is 5.16 Å². The van der Waals surface area contributed by atoms with Gasteiger partial charge in [0.15, 0.2) is 0 Å². The highest BCUT2D eigenvalue weighted by molar-refractivity contribution is 5.89. The van der Waals surface area contributed by atoms with Crippen molar-refractivity contribution in [2.75, 3.05) is 7.11 Å². The van der Waals surface area contributed by atoms with E-state index in [1.165, 1.54) is 20.5 Å². The van der Waals surface area contributed by atoms with Gasteiger partial charge in [-0.25, -0.2) is 4.79 Å². The van der Waals surface area contributed by atoms with Crippen molar-refractivity contribution in [2.45, 2.75) is 58.8 Å². The molecule has 0 aromatic rings. The zero-order valence-electron chi connectivity index (χ0n) is 12.7. The van der Waals surface area contributed by atoms with Crippen molar-refractivity contribution < 1.29 is 19.2 Å². The summed E-state index contributed by atoms with van der Waals surface area (Å²) in [5.74, 6) is -0.0842. The van der Waals surface area contributed by atoms with E-state index >= 15 is 0 Å². The van der Waals surface area contributed by atoms with Crippen LogP contribution < -0.4 is 0 Å². The van der Waals surface area contributed by atoms with Crippen molar-refractivity contribution in [1.29, 1.82) is 0 Å². The Hall–Kier alpha value is -1.39. The number of carbonyl (C=O) groups is 2. The van der Waals surface area contributed by atoms with Gasteiger partial charge in [-0.05, 0) is 25.2 Å². The number of nitrogens with zero attached hydrogens (tertiary/aromatic N) is 1. The van der Waals surface area contributed by atoms with E-state index in [1.54, 1.807) is 0 Å². The molecule has 0 amide bonds. The van der Waals surface area contributed by atoms with Gasteiger partial charge in [0.1, 0.15) is 0 Å². The Morgan fingerprint density at radius 2 is 2.10 bits per heavy atom. The van der Waals surface area contributed by atoms with Crippen molar-refractivity contribution >= 4 is 17.7 Å². The number of oxime groups is 1. The van der Waals surface area contributed by atoms with E-state index < -0.39 is 5.97 Å². The van der Waals surface area contributed by atoms with Crippen molar-refractivity contribution in [3.05, 3.63) is 0 Å². The normalized spacial score (nSPS) is 23.9. The minimum atomic E-state index is -0.402. The zero-order valence-corrected chi connectivity index (χ0v) is 12.7. The molecule has 2 atom stereocenters. The standard InChI is InChI=1S/C15H25NO4/c1-4-5-6-7-13-12(10-15(18)19-3)8-9-14(13)16-20-11(2)17/h12-13H,4-10H2,1-3H3/b16-14+/t12-,13-/m1/s1. The van der Waals surface area contributed by atoms with Gasteiger partial charge in [0.25, 0.3) is 0 Å². The van der Waals surface area contributed by atoms with Gasteiger partial charge in [0.2, 0.25) is 0 Å². The van der Waals surface area contributed by atoms with Crippen LogP contribution in [0.3, 0.4) is 0 Å². The first kappa shape index (κ1) is 16.7. The first-order valence-electron chi connectivity index (χ1n) is 7.39. The molecule has 0 N–H and O–H groups in total. The monoisotopic (exact) mass is 283 g/mol. The van der Waals surface area contributed by atoms with Crippen LogP contribution in [0, 0.1) is 11.8 Å². The molecule has 1 fully saturated rings. The Balaban J connectivity index is 2.67. The summed E-state index contributed by atoms with van der Waals surface area (Å²) >= 11 is 0. The number of rotatable bonds is 7. The second-order valence-electron chi connectivity index (χ2n) is 5.35. The van der Waals surface area contributed by atoms with Crippen LogP contribution in [0.4, 0.5) is 0 Å². The number of hydrogen-bond donors (Lipinski definition) is 0. The maximum atomic E-state index is 11.5. The lowest BCUT2D eigenvalue weighted by Crippen LogP contribution is -2.19. The van der Waals surface area contributed by atoms with Gasteiger partial charge in [-0.1, -0.05) is 31.3 Å². The van der Waals surface area contributed by atoms with Crippen molar-refractivity contribution in [3.63, 3.8) is 0 Å². The lowest BCUT2D eigenvalue weighted by Gasteiger charge is -2.18. The third-order valence-corrected chi connectivity index (χ3v) is 3.83. The van der Waals surface area contributed by atoms with E-state index in [0.29, 0.717) is 6.42 Å². The number of hydrogen-bond acceptors (Lipinski definition) is 5. The fourth-order valence-electron chi connectivity index (χ4n) is 2.79. The van der Waals surface area contributed by atoms with Crippen LogP contribution in [-0.4, -0.2) is 24.8 Å². The van der Waals surface area contributed by atoms with Gasteiger partial charge >= 0.3 is 11.9 Å². The quantitative estimate of drug-likeness (QED) is 0.312. The fraction of sp³-hybridized carbons (Fsp3) is 0.800. The zero-order chi connectivity index (χ0) is 15.0. The molecule has 0 saturated heterocycles. The fourth-order valence-corrected chi connectivity index (χ4v) is 2.79. The number of unbranched alkanes of at least 4 members (excludes halogenated alkanes) is 2. The molecule has 1 aliphatic carbocycles. The van der Waals surface area contributed by atoms with Crippen molar-refractivity contribution in [2.24, 2.45) is 17.0 Å². The minimum Gasteiger partial charge on any atom is -0.469 e. The van der Waals surface area contributed by atoms with Crippen LogP contribution in [0.2, 0.25) is 0 Å². The summed E-state index contributed by atoms with van der Waals surface area (Å²) in [5, 5.41) is 3.98. The molecule has 0 aromatic carbocycles. The van der Waals surface area contributed by atoms with Crippen LogP contribution in [0.25, 0.3) is 0 Å². The van der Waals surface area contributed by atoms with E-state index in [1.807, 2.05) is 0 Å². The Kier molecular flexibility index (Phi) is 7.26. The van der Waals surface area contributed by atoms with E-state index in [4.69, 9.17) is 9.57 Å². The maximum absolute atomic E-state index is 11.5. The number of carbonyl (C=O) groups excluding carboxylic acids is 2. The summed E-state index contributed by atoms with van der Waals surface area (Å²) in [6.07, 6.45) is 6.56. The Morgan fingerprint density at radius 1 is 1.35 bits per heavy atom. The third-order valence-electron chi connectivity index (χ3n) is 3.83. The van der Waals surface area contributed by atoms with Crippen molar-refractivity contribution in [3.8, 4) is 0 Å².